The molecule has 124 valence electrons. The highest BCUT2D eigenvalue weighted by molar-refractivity contribution is 7.98. The van der Waals surface area contributed by atoms with E-state index >= 15 is 0 Å². The van der Waals surface area contributed by atoms with Gasteiger partial charge in [0.05, 0.1) is 11.4 Å². The first-order chi connectivity index (χ1) is 11.7. The van der Waals surface area contributed by atoms with Gasteiger partial charge < -0.3 is 9.73 Å². The molecule has 1 aromatic carbocycles. The lowest BCUT2D eigenvalue weighted by atomic mass is 10.3. The van der Waals surface area contributed by atoms with Crippen molar-refractivity contribution >= 4 is 23.4 Å². The molecule has 0 aliphatic heterocycles. The van der Waals surface area contributed by atoms with E-state index in [-0.39, 0.29) is 5.91 Å². The van der Waals surface area contributed by atoms with E-state index < -0.39 is 0 Å². The summed E-state index contributed by atoms with van der Waals surface area (Å²) in [6.45, 7) is 3.41. The first-order valence-corrected chi connectivity index (χ1v) is 8.24. The number of aryl methyl sites for hydroxylation is 1. The number of hydrogen-bond acceptors (Lipinski definition) is 8. The third-order valence-corrected chi connectivity index (χ3v) is 3.89. The molecule has 0 saturated heterocycles. The van der Waals surface area contributed by atoms with Crippen LogP contribution in [0.1, 0.15) is 25.6 Å². The largest absolute Gasteiger partial charge is 0.424 e. The predicted molar refractivity (Wildman–Crippen MR) is 86.7 cm³/mol. The van der Waals surface area contributed by atoms with Crippen LogP contribution in [0.4, 0.5) is 5.69 Å². The summed E-state index contributed by atoms with van der Waals surface area (Å²) in [5.41, 5.74) is 1.42. The third kappa shape index (κ3) is 3.77. The Morgan fingerprint density at radius 3 is 2.88 bits per heavy atom. The Labute approximate surface area is 141 Å². The Morgan fingerprint density at radius 2 is 2.12 bits per heavy atom. The summed E-state index contributed by atoms with van der Waals surface area (Å²) in [6, 6.07) is 7.27. The molecule has 1 N–H and O–H groups in total. The van der Waals surface area contributed by atoms with Crippen LogP contribution in [0.5, 0.6) is 0 Å². The van der Waals surface area contributed by atoms with E-state index in [1.807, 2.05) is 19.1 Å². The van der Waals surface area contributed by atoms with Gasteiger partial charge in [0.15, 0.2) is 0 Å². The number of aromatic nitrogens is 6. The molecule has 0 fully saturated rings. The summed E-state index contributed by atoms with van der Waals surface area (Å²) in [4.78, 5) is 11.2. The summed E-state index contributed by atoms with van der Waals surface area (Å²) in [5, 5.41) is 22.9. The standard InChI is InChI=1S/C14H15N7O2S/c1-3-12-16-17-13(23-12)8-24-14-18-19-20-21(14)11-6-4-5-10(7-11)15-9(2)22/h4-7H,3,8H2,1-2H3,(H,15,22). The Morgan fingerprint density at radius 1 is 1.29 bits per heavy atom. The molecule has 2 aromatic heterocycles. The number of nitrogens with zero attached hydrogens (tertiary/aromatic N) is 6. The van der Waals surface area contributed by atoms with Gasteiger partial charge in [0.1, 0.15) is 0 Å². The summed E-state index contributed by atoms with van der Waals surface area (Å²) >= 11 is 1.39. The fourth-order valence-electron chi connectivity index (χ4n) is 1.97. The second kappa shape index (κ2) is 7.21. The maximum atomic E-state index is 11.2. The second-order valence-corrected chi connectivity index (χ2v) is 5.78. The van der Waals surface area contributed by atoms with Crippen molar-refractivity contribution < 1.29 is 9.21 Å². The molecule has 0 radical (unpaired) electrons. The zero-order chi connectivity index (χ0) is 16.9. The van der Waals surface area contributed by atoms with E-state index in [1.165, 1.54) is 18.7 Å². The van der Waals surface area contributed by atoms with Gasteiger partial charge in [0.2, 0.25) is 22.8 Å². The van der Waals surface area contributed by atoms with Gasteiger partial charge in [-0.05, 0) is 28.6 Å². The Bertz CT molecular complexity index is 845. The van der Waals surface area contributed by atoms with Crippen LogP contribution < -0.4 is 5.32 Å². The van der Waals surface area contributed by atoms with Crippen molar-refractivity contribution in [2.45, 2.75) is 31.2 Å². The van der Waals surface area contributed by atoms with E-state index in [0.29, 0.717) is 34.8 Å². The maximum Gasteiger partial charge on any atom is 0.226 e. The van der Waals surface area contributed by atoms with Crippen molar-refractivity contribution in [2.75, 3.05) is 5.32 Å². The highest BCUT2D eigenvalue weighted by Gasteiger charge is 2.12. The van der Waals surface area contributed by atoms with Crippen LogP contribution in [0.3, 0.4) is 0 Å². The van der Waals surface area contributed by atoms with Gasteiger partial charge in [-0.15, -0.1) is 15.3 Å². The second-order valence-electron chi connectivity index (χ2n) is 4.84. The Balaban J connectivity index is 1.76. The fourth-order valence-corrected chi connectivity index (χ4v) is 2.69. The van der Waals surface area contributed by atoms with Crippen LogP contribution in [0.2, 0.25) is 0 Å². The third-order valence-electron chi connectivity index (χ3n) is 2.99. The lowest BCUT2D eigenvalue weighted by Crippen LogP contribution is -2.07. The number of benzene rings is 1. The minimum Gasteiger partial charge on any atom is -0.424 e. The maximum absolute atomic E-state index is 11.2. The fraction of sp³-hybridized carbons (Fsp3) is 0.286. The van der Waals surface area contributed by atoms with E-state index in [4.69, 9.17) is 4.42 Å². The van der Waals surface area contributed by atoms with E-state index in [0.717, 1.165) is 5.69 Å². The van der Waals surface area contributed by atoms with Crippen LogP contribution in [-0.2, 0) is 17.0 Å². The SMILES string of the molecule is CCc1nnc(CSc2nnnn2-c2cccc(NC(C)=O)c2)o1. The lowest BCUT2D eigenvalue weighted by Gasteiger charge is -2.06. The van der Waals surface area contributed by atoms with Gasteiger partial charge in [0, 0.05) is 19.0 Å². The molecular formula is C14H15N7O2S. The topological polar surface area (TPSA) is 112 Å². The van der Waals surface area contributed by atoms with E-state index in [2.05, 4.69) is 31.0 Å². The predicted octanol–water partition coefficient (Wildman–Crippen LogP) is 1.86. The van der Waals surface area contributed by atoms with Gasteiger partial charge in [-0.25, -0.2) is 0 Å². The molecule has 2 heterocycles. The smallest absolute Gasteiger partial charge is 0.226 e. The first-order valence-electron chi connectivity index (χ1n) is 7.26. The number of amides is 1. The zero-order valence-corrected chi connectivity index (χ0v) is 13.9. The number of thioether (sulfide) groups is 1. The molecule has 3 aromatic rings. The van der Waals surface area contributed by atoms with Crippen molar-refractivity contribution in [1.82, 2.24) is 30.4 Å². The molecule has 24 heavy (non-hydrogen) atoms. The number of tetrazole rings is 1. The normalized spacial score (nSPS) is 10.8. The molecule has 0 saturated carbocycles. The molecule has 0 unspecified atom stereocenters. The van der Waals surface area contributed by atoms with E-state index in [1.54, 1.807) is 16.8 Å². The van der Waals surface area contributed by atoms with Crippen LogP contribution in [-0.4, -0.2) is 36.3 Å². The molecule has 0 bridgehead atoms. The minimum atomic E-state index is -0.137. The van der Waals surface area contributed by atoms with Crippen LogP contribution in [0, 0.1) is 0 Å². The molecular weight excluding hydrogens is 330 g/mol. The number of hydrogen-bond donors (Lipinski definition) is 1. The number of carbonyl (C=O) groups is 1. The van der Waals surface area contributed by atoms with E-state index in [9.17, 15) is 4.79 Å². The molecule has 0 spiro atoms. The highest BCUT2D eigenvalue weighted by atomic mass is 32.2. The number of nitrogens with one attached hydrogen (secondary N) is 1. The van der Waals surface area contributed by atoms with Gasteiger partial charge >= 0.3 is 0 Å². The monoisotopic (exact) mass is 345 g/mol. The molecule has 3 rings (SSSR count). The van der Waals surface area contributed by atoms with Gasteiger partial charge in [-0.3, -0.25) is 4.79 Å². The zero-order valence-electron chi connectivity index (χ0n) is 13.1. The summed E-state index contributed by atoms with van der Waals surface area (Å²) in [5.74, 6) is 1.46. The van der Waals surface area contributed by atoms with Crippen LogP contribution >= 0.6 is 11.8 Å². The van der Waals surface area contributed by atoms with Crippen molar-refractivity contribution in [3.63, 3.8) is 0 Å². The average molecular weight is 345 g/mol. The summed E-state index contributed by atoms with van der Waals surface area (Å²) < 4.78 is 7.06. The van der Waals surface area contributed by atoms with Crippen molar-refractivity contribution in [1.29, 1.82) is 0 Å². The average Bonchev–Trinajstić information content (AvgIpc) is 3.21. The molecule has 0 atom stereocenters. The summed E-state index contributed by atoms with van der Waals surface area (Å²) in [6.07, 6.45) is 0.700. The minimum absolute atomic E-state index is 0.137. The Hall–Kier alpha value is -2.75. The molecule has 1 amide bonds. The Kier molecular flexibility index (Phi) is 4.85. The molecule has 9 nitrogen and oxygen atoms in total. The number of anilines is 1. The van der Waals surface area contributed by atoms with Gasteiger partial charge in [-0.2, -0.15) is 4.68 Å². The van der Waals surface area contributed by atoms with Crippen molar-refractivity contribution in [3.8, 4) is 5.69 Å². The van der Waals surface area contributed by atoms with Crippen LogP contribution in [0.15, 0.2) is 33.8 Å². The van der Waals surface area contributed by atoms with Gasteiger partial charge in [0.25, 0.3) is 0 Å². The van der Waals surface area contributed by atoms with Gasteiger partial charge in [-0.1, -0.05) is 24.8 Å². The lowest BCUT2D eigenvalue weighted by molar-refractivity contribution is -0.114. The highest BCUT2D eigenvalue weighted by Crippen LogP contribution is 2.23. The number of carbonyl (C=O) groups excluding carboxylic acids is 1. The van der Waals surface area contributed by atoms with Crippen LogP contribution in [0.25, 0.3) is 5.69 Å². The molecule has 0 aliphatic rings. The summed E-state index contributed by atoms with van der Waals surface area (Å²) in [7, 11) is 0. The van der Waals surface area contributed by atoms with Crippen molar-refractivity contribution in [2.24, 2.45) is 0 Å². The quantitative estimate of drug-likeness (QED) is 0.674. The first kappa shape index (κ1) is 16.1. The molecule has 10 heteroatoms. The molecule has 0 aliphatic carbocycles. The number of rotatable bonds is 6. The van der Waals surface area contributed by atoms with Crippen molar-refractivity contribution in [3.05, 3.63) is 36.0 Å².